The average Bonchev–Trinajstić information content (AvgIpc) is 3.54. The highest BCUT2D eigenvalue weighted by Gasteiger charge is 2.59. The van der Waals surface area contributed by atoms with Crippen molar-refractivity contribution >= 4 is 11.9 Å². The largest absolute Gasteiger partial charge is 0.493 e. The van der Waals surface area contributed by atoms with Crippen LogP contribution in [0.5, 0.6) is 5.75 Å². The van der Waals surface area contributed by atoms with Crippen molar-refractivity contribution in [3.05, 3.63) is 103 Å². The number of benzene rings is 3. The number of allylic oxidation sites excluding steroid dienone is 2. The number of para-hydroxylation sites is 1. The van der Waals surface area contributed by atoms with Crippen LogP contribution in [0.25, 0.3) is 11.1 Å². The first-order chi connectivity index (χ1) is 19.5. The SMILES string of the molecule is O=C(O)CCC/C=C\C[C@H]1[C@H](NC(=O)CCOc2ccccc2)[C@@H]2C[C@@]1(c1ccc(-c3ccccc3)cc1)CO2. The third-order valence-corrected chi connectivity index (χ3v) is 8.22. The number of carbonyl (C=O) groups excluding carboxylic acids is 1. The smallest absolute Gasteiger partial charge is 0.303 e. The second-order valence-electron chi connectivity index (χ2n) is 10.8. The van der Waals surface area contributed by atoms with Gasteiger partial charge in [0.2, 0.25) is 5.91 Å². The molecule has 1 amide bonds. The summed E-state index contributed by atoms with van der Waals surface area (Å²) in [6.45, 7) is 0.942. The summed E-state index contributed by atoms with van der Waals surface area (Å²) in [5.41, 5.74) is 3.40. The second-order valence-corrected chi connectivity index (χ2v) is 10.8. The lowest BCUT2D eigenvalue weighted by molar-refractivity contribution is -0.137. The average molecular weight is 540 g/mol. The zero-order valence-corrected chi connectivity index (χ0v) is 22.7. The molecular weight excluding hydrogens is 502 g/mol. The molecule has 0 radical (unpaired) electrons. The predicted octanol–water partition coefficient (Wildman–Crippen LogP) is 6.17. The van der Waals surface area contributed by atoms with Gasteiger partial charge in [-0.25, -0.2) is 0 Å². The van der Waals surface area contributed by atoms with E-state index in [1.165, 1.54) is 16.7 Å². The molecule has 4 atom stereocenters. The summed E-state index contributed by atoms with van der Waals surface area (Å²) in [6, 6.07) is 28.6. The molecule has 3 aromatic carbocycles. The van der Waals surface area contributed by atoms with Crippen molar-refractivity contribution in [2.45, 2.75) is 56.1 Å². The van der Waals surface area contributed by atoms with E-state index in [2.05, 4.69) is 53.9 Å². The molecule has 1 saturated heterocycles. The molecule has 40 heavy (non-hydrogen) atoms. The molecule has 2 N–H and O–H groups in total. The van der Waals surface area contributed by atoms with Crippen LogP contribution in [-0.2, 0) is 19.7 Å². The Kier molecular flexibility index (Phi) is 8.97. The quantitative estimate of drug-likeness (QED) is 0.201. The fraction of sp³-hybridized carbons (Fsp3) is 0.353. The fourth-order valence-electron chi connectivity index (χ4n) is 6.20. The number of aliphatic carboxylic acids is 1. The molecule has 1 saturated carbocycles. The van der Waals surface area contributed by atoms with Crippen LogP contribution in [0.15, 0.2) is 97.1 Å². The molecule has 6 heteroatoms. The molecule has 208 valence electrons. The topological polar surface area (TPSA) is 84.9 Å². The van der Waals surface area contributed by atoms with Gasteiger partial charge in [-0.1, -0.05) is 84.9 Å². The Balaban J connectivity index is 1.29. The Morgan fingerprint density at radius 1 is 0.925 bits per heavy atom. The lowest BCUT2D eigenvalue weighted by Gasteiger charge is -2.39. The number of unbranched alkanes of at least 4 members (excludes halogenated alkanes) is 1. The van der Waals surface area contributed by atoms with E-state index in [1.807, 2.05) is 48.5 Å². The maximum atomic E-state index is 13.0. The second kappa shape index (κ2) is 13.0. The molecule has 0 spiro atoms. The van der Waals surface area contributed by atoms with Crippen LogP contribution in [0.2, 0.25) is 0 Å². The van der Waals surface area contributed by atoms with E-state index in [0.717, 1.165) is 25.0 Å². The van der Waals surface area contributed by atoms with Crippen LogP contribution in [0.3, 0.4) is 0 Å². The summed E-state index contributed by atoms with van der Waals surface area (Å²) in [4.78, 5) is 23.9. The summed E-state index contributed by atoms with van der Waals surface area (Å²) in [7, 11) is 0. The van der Waals surface area contributed by atoms with E-state index in [-0.39, 0.29) is 42.2 Å². The Labute approximate surface area is 236 Å². The molecule has 1 aliphatic heterocycles. The number of nitrogens with one attached hydrogen (secondary N) is 1. The molecule has 3 aromatic rings. The van der Waals surface area contributed by atoms with Crippen molar-refractivity contribution in [2.24, 2.45) is 5.92 Å². The standard InChI is InChI=1S/C34H37NO5/c36-31(21-22-39-28-13-7-4-8-14-28)35-33-29(15-9-1-2-10-16-32(37)38)34(23-30(33)40-24-34)27-19-17-26(18-20-27)25-11-5-3-6-12-25/h1,3-9,11-14,17-20,29-30,33H,2,10,15-16,21-24H2,(H,35,36)(H,37,38)/b9-1-/t29-,30-,33-,34-/m0/s1. The lowest BCUT2D eigenvalue weighted by atomic mass is 9.70. The zero-order valence-electron chi connectivity index (χ0n) is 22.7. The normalized spacial score (nSPS) is 23.4. The first-order valence-electron chi connectivity index (χ1n) is 14.2. The van der Waals surface area contributed by atoms with Crippen molar-refractivity contribution in [3.63, 3.8) is 0 Å². The molecule has 2 fully saturated rings. The minimum absolute atomic E-state index is 0.0397. The Morgan fingerprint density at radius 3 is 2.35 bits per heavy atom. The number of hydrogen-bond donors (Lipinski definition) is 2. The third-order valence-electron chi connectivity index (χ3n) is 8.22. The molecule has 1 heterocycles. The summed E-state index contributed by atoms with van der Waals surface area (Å²) in [5.74, 6) is 0.114. The number of carboxylic acids is 1. The lowest BCUT2D eigenvalue weighted by Crippen LogP contribution is -2.51. The van der Waals surface area contributed by atoms with E-state index in [4.69, 9.17) is 14.6 Å². The van der Waals surface area contributed by atoms with E-state index in [9.17, 15) is 9.59 Å². The Morgan fingerprint density at radius 2 is 1.62 bits per heavy atom. The Hall–Kier alpha value is -3.90. The first-order valence-corrected chi connectivity index (χ1v) is 14.2. The van der Waals surface area contributed by atoms with Gasteiger partial charge in [-0.05, 0) is 60.4 Å². The van der Waals surface area contributed by atoms with Gasteiger partial charge in [-0.2, -0.15) is 0 Å². The number of carbonyl (C=O) groups is 2. The highest BCUT2D eigenvalue weighted by atomic mass is 16.5. The van der Waals surface area contributed by atoms with Gasteiger partial charge in [0.05, 0.1) is 31.8 Å². The summed E-state index contributed by atoms with van der Waals surface area (Å²) in [6.07, 6.45) is 7.64. The van der Waals surface area contributed by atoms with Crippen molar-refractivity contribution in [1.82, 2.24) is 5.32 Å². The highest BCUT2D eigenvalue weighted by Crippen LogP contribution is 2.53. The van der Waals surface area contributed by atoms with E-state index >= 15 is 0 Å². The van der Waals surface area contributed by atoms with Gasteiger partial charge in [-0.3, -0.25) is 9.59 Å². The number of carboxylic acid groups (broad SMARTS) is 1. The molecule has 2 aliphatic rings. The first kappa shape index (κ1) is 27.7. The maximum absolute atomic E-state index is 13.0. The van der Waals surface area contributed by atoms with E-state index in [1.54, 1.807) is 0 Å². The number of hydrogen-bond acceptors (Lipinski definition) is 4. The van der Waals surface area contributed by atoms with Gasteiger partial charge < -0.3 is 19.9 Å². The van der Waals surface area contributed by atoms with Crippen LogP contribution in [0.4, 0.5) is 0 Å². The van der Waals surface area contributed by atoms with Crippen LogP contribution < -0.4 is 10.1 Å². The number of ether oxygens (including phenoxy) is 2. The maximum Gasteiger partial charge on any atom is 0.303 e. The molecule has 0 unspecified atom stereocenters. The van der Waals surface area contributed by atoms with Crippen LogP contribution in [0, 0.1) is 5.92 Å². The van der Waals surface area contributed by atoms with Crippen molar-refractivity contribution in [2.75, 3.05) is 13.2 Å². The minimum atomic E-state index is -0.768. The summed E-state index contributed by atoms with van der Waals surface area (Å²) in [5, 5.41) is 12.2. The molecular formula is C34H37NO5. The predicted molar refractivity (Wildman–Crippen MR) is 155 cm³/mol. The summed E-state index contributed by atoms with van der Waals surface area (Å²) < 4.78 is 12.0. The van der Waals surface area contributed by atoms with Gasteiger partial charge in [0.1, 0.15) is 5.75 Å². The molecule has 1 aliphatic carbocycles. The number of fused-ring (bicyclic) bond motifs is 2. The molecule has 6 nitrogen and oxygen atoms in total. The van der Waals surface area contributed by atoms with Crippen LogP contribution in [0.1, 0.15) is 44.1 Å². The van der Waals surface area contributed by atoms with E-state index in [0.29, 0.717) is 19.6 Å². The van der Waals surface area contributed by atoms with Crippen LogP contribution >= 0.6 is 0 Å². The monoisotopic (exact) mass is 539 g/mol. The summed E-state index contributed by atoms with van der Waals surface area (Å²) >= 11 is 0. The van der Waals surface area contributed by atoms with E-state index < -0.39 is 5.97 Å². The van der Waals surface area contributed by atoms with Crippen molar-refractivity contribution in [1.29, 1.82) is 0 Å². The molecule has 5 rings (SSSR count). The highest BCUT2D eigenvalue weighted by molar-refractivity contribution is 5.76. The van der Waals surface area contributed by atoms with Gasteiger partial charge in [-0.15, -0.1) is 0 Å². The van der Waals surface area contributed by atoms with Crippen molar-refractivity contribution in [3.8, 4) is 16.9 Å². The van der Waals surface area contributed by atoms with Gasteiger partial charge in [0.25, 0.3) is 0 Å². The zero-order chi connectivity index (χ0) is 27.8. The third kappa shape index (κ3) is 6.45. The fourth-order valence-corrected chi connectivity index (χ4v) is 6.20. The number of amides is 1. The van der Waals surface area contributed by atoms with Crippen LogP contribution in [-0.4, -0.2) is 42.3 Å². The van der Waals surface area contributed by atoms with Gasteiger partial charge >= 0.3 is 5.97 Å². The molecule has 2 bridgehead atoms. The van der Waals surface area contributed by atoms with Gasteiger partial charge in [0, 0.05) is 11.8 Å². The molecule has 0 aromatic heterocycles. The number of rotatable bonds is 13. The Bertz CT molecular complexity index is 1290. The van der Waals surface area contributed by atoms with Gasteiger partial charge in [0.15, 0.2) is 0 Å². The minimum Gasteiger partial charge on any atom is -0.493 e. The van der Waals surface area contributed by atoms with Crippen molar-refractivity contribution < 1.29 is 24.2 Å².